The smallest absolute Gasteiger partial charge is 0.243 e. The van der Waals surface area contributed by atoms with Crippen LogP contribution >= 0.6 is 0 Å². The number of carbonyl (C=O) groups excluding carboxylic acids is 1. The summed E-state index contributed by atoms with van der Waals surface area (Å²) >= 11 is 0. The number of hydrogen-bond donors (Lipinski definition) is 0. The van der Waals surface area contributed by atoms with E-state index in [2.05, 4.69) is 6.92 Å². The molecule has 0 amide bonds. The van der Waals surface area contributed by atoms with Crippen molar-refractivity contribution in [3.8, 4) is 11.5 Å². The van der Waals surface area contributed by atoms with Gasteiger partial charge in [-0.2, -0.15) is 4.31 Å². The number of nitrogens with zero attached hydrogens (tertiary/aromatic N) is 1. The standard InChI is InChI=1S/C25H31NO5S/c1-3-5-18-31-24-15-9-20(19-25(24)30-4-2)8-14-23(27)21-10-12-22(13-11-21)32(28,29)26-16-6-7-17-26/h8-15,19H,3-7,16-18H2,1-2H3. The van der Waals surface area contributed by atoms with Crippen LogP contribution < -0.4 is 9.47 Å². The van der Waals surface area contributed by atoms with Crippen LogP contribution in [0, 0.1) is 0 Å². The van der Waals surface area contributed by atoms with Crippen LogP contribution in [0.4, 0.5) is 0 Å². The van der Waals surface area contributed by atoms with Gasteiger partial charge in [0, 0.05) is 18.7 Å². The van der Waals surface area contributed by atoms with E-state index in [1.54, 1.807) is 18.2 Å². The summed E-state index contributed by atoms with van der Waals surface area (Å²) in [7, 11) is -3.48. The highest BCUT2D eigenvalue weighted by atomic mass is 32.2. The number of rotatable bonds is 11. The van der Waals surface area contributed by atoms with Gasteiger partial charge >= 0.3 is 0 Å². The normalized spacial score (nSPS) is 14.7. The predicted molar refractivity (Wildman–Crippen MR) is 126 cm³/mol. The Bertz CT molecular complexity index is 1040. The number of ketones is 1. The first kappa shape index (κ1) is 24.0. The summed E-state index contributed by atoms with van der Waals surface area (Å²) in [5.41, 5.74) is 1.25. The highest BCUT2D eigenvalue weighted by molar-refractivity contribution is 7.89. The van der Waals surface area contributed by atoms with Gasteiger partial charge < -0.3 is 9.47 Å². The summed E-state index contributed by atoms with van der Waals surface area (Å²) in [6.45, 7) is 6.28. The Balaban J connectivity index is 1.69. The molecule has 0 saturated carbocycles. The number of allylic oxidation sites excluding steroid dienone is 1. The summed E-state index contributed by atoms with van der Waals surface area (Å²) < 4.78 is 38.2. The minimum Gasteiger partial charge on any atom is -0.490 e. The first-order valence-corrected chi connectivity index (χ1v) is 12.6. The second-order valence-electron chi connectivity index (χ2n) is 7.67. The molecule has 0 spiro atoms. The van der Waals surface area contributed by atoms with Crippen molar-refractivity contribution in [1.82, 2.24) is 4.31 Å². The maximum Gasteiger partial charge on any atom is 0.243 e. The van der Waals surface area contributed by atoms with E-state index in [1.807, 2.05) is 25.1 Å². The average molecular weight is 458 g/mol. The van der Waals surface area contributed by atoms with Gasteiger partial charge in [0.2, 0.25) is 10.0 Å². The van der Waals surface area contributed by atoms with Gasteiger partial charge in [-0.05, 0) is 74.2 Å². The van der Waals surface area contributed by atoms with Crippen molar-refractivity contribution in [2.45, 2.75) is 44.4 Å². The van der Waals surface area contributed by atoms with E-state index >= 15 is 0 Å². The van der Waals surface area contributed by atoms with Crippen LogP contribution in [0.2, 0.25) is 0 Å². The Morgan fingerprint density at radius 1 is 1.00 bits per heavy atom. The Kier molecular flexibility index (Phi) is 8.47. The maximum atomic E-state index is 12.6. The fraction of sp³-hybridized carbons (Fsp3) is 0.400. The summed E-state index contributed by atoms with van der Waals surface area (Å²) in [5, 5.41) is 0. The van der Waals surface area contributed by atoms with E-state index in [0.717, 1.165) is 31.2 Å². The molecule has 1 aliphatic heterocycles. The number of carbonyl (C=O) groups is 1. The lowest BCUT2D eigenvalue weighted by Crippen LogP contribution is -2.27. The van der Waals surface area contributed by atoms with Gasteiger partial charge in [-0.1, -0.05) is 25.5 Å². The summed E-state index contributed by atoms with van der Waals surface area (Å²) in [4.78, 5) is 12.8. The van der Waals surface area contributed by atoms with Crippen LogP contribution in [-0.2, 0) is 10.0 Å². The fourth-order valence-electron chi connectivity index (χ4n) is 3.48. The van der Waals surface area contributed by atoms with Gasteiger partial charge in [-0.15, -0.1) is 0 Å². The monoisotopic (exact) mass is 457 g/mol. The van der Waals surface area contributed by atoms with Gasteiger partial charge in [-0.25, -0.2) is 8.42 Å². The second kappa shape index (κ2) is 11.3. The Labute approximate surface area is 190 Å². The highest BCUT2D eigenvalue weighted by Crippen LogP contribution is 2.29. The fourth-order valence-corrected chi connectivity index (χ4v) is 5.00. The zero-order valence-electron chi connectivity index (χ0n) is 18.7. The van der Waals surface area contributed by atoms with Crippen molar-refractivity contribution < 1.29 is 22.7 Å². The average Bonchev–Trinajstić information content (AvgIpc) is 3.35. The first-order valence-electron chi connectivity index (χ1n) is 11.2. The highest BCUT2D eigenvalue weighted by Gasteiger charge is 2.27. The van der Waals surface area contributed by atoms with Crippen LogP contribution in [0.15, 0.2) is 53.4 Å². The lowest BCUT2D eigenvalue weighted by atomic mass is 10.1. The van der Waals surface area contributed by atoms with E-state index in [0.29, 0.717) is 43.4 Å². The maximum absolute atomic E-state index is 12.6. The Hall–Kier alpha value is -2.64. The molecule has 1 heterocycles. The molecular formula is C25H31NO5S. The van der Waals surface area contributed by atoms with Gasteiger partial charge in [0.05, 0.1) is 18.1 Å². The quantitative estimate of drug-likeness (QED) is 0.271. The van der Waals surface area contributed by atoms with Crippen LogP contribution in [-0.4, -0.2) is 44.8 Å². The number of hydrogen-bond acceptors (Lipinski definition) is 5. The Morgan fingerprint density at radius 3 is 2.38 bits per heavy atom. The third-order valence-electron chi connectivity index (χ3n) is 5.29. The van der Waals surface area contributed by atoms with E-state index in [1.165, 1.54) is 22.5 Å². The third-order valence-corrected chi connectivity index (χ3v) is 7.20. The number of ether oxygens (including phenoxy) is 2. The zero-order valence-corrected chi connectivity index (χ0v) is 19.6. The van der Waals surface area contributed by atoms with Crippen LogP contribution in [0.3, 0.4) is 0 Å². The zero-order chi connectivity index (χ0) is 23.0. The van der Waals surface area contributed by atoms with Crippen molar-refractivity contribution >= 4 is 21.9 Å². The minimum absolute atomic E-state index is 0.198. The largest absolute Gasteiger partial charge is 0.490 e. The van der Waals surface area contributed by atoms with E-state index in [-0.39, 0.29) is 10.7 Å². The molecule has 0 N–H and O–H groups in total. The third kappa shape index (κ3) is 5.99. The molecule has 2 aromatic rings. The number of unbranched alkanes of at least 4 members (excludes halogenated alkanes) is 1. The molecule has 2 aromatic carbocycles. The molecule has 0 aliphatic carbocycles. The van der Waals surface area contributed by atoms with E-state index in [4.69, 9.17) is 9.47 Å². The van der Waals surface area contributed by atoms with Gasteiger partial charge in [0.15, 0.2) is 17.3 Å². The molecule has 1 fully saturated rings. The first-order chi connectivity index (χ1) is 15.5. The summed E-state index contributed by atoms with van der Waals surface area (Å²) in [6, 6.07) is 11.7. The molecular weight excluding hydrogens is 426 g/mol. The minimum atomic E-state index is -3.48. The molecule has 0 bridgehead atoms. The summed E-state index contributed by atoms with van der Waals surface area (Å²) in [6.07, 6.45) is 7.00. The molecule has 172 valence electrons. The van der Waals surface area contributed by atoms with Crippen molar-refractivity contribution in [2.24, 2.45) is 0 Å². The van der Waals surface area contributed by atoms with E-state index in [9.17, 15) is 13.2 Å². The molecule has 7 heteroatoms. The van der Waals surface area contributed by atoms with Crippen molar-refractivity contribution in [1.29, 1.82) is 0 Å². The lowest BCUT2D eigenvalue weighted by Gasteiger charge is -2.15. The molecule has 0 unspecified atom stereocenters. The number of sulfonamides is 1. The van der Waals surface area contributed by atoms with Crippen LogP contribution in [0.25, 0.3) is 6.08 Å². The topological polar surface area (TPSA) is 72.9 Å². The SMILES string of the molecule is CCCCOc1ccc(C=CC(=O)c2ccc(S(=O)(=O)N3CCCC3)cc2)cc1OCC. The lowest BCUT2D eigenvalue weighted by molar-refractivity contribution is 0.104. The van der Waals surface area contributed by atoms with Crippen molar-refractivity contribution in [2.75, 3.05) is 26.3 Å². The molecule has 1 saturated heterocycles. The molecule has 3 rings (SSSR count). The molecule has 0 radical (unpaired) electrons. The molecule has 1 aliphatic rings. The Morgan fingerprint density at radius 2 is 1.72 bits per heavy atom. The molecule has 0 aromatic heterocycles. The van der Waals surface area contributed by atoms with Gasteiger partial charge in [0.25, 0.3) is 0 Å². The van der Waals surface area contributed by atoms with Gasteiger partial charge in [-0.3, -0.25) is 4.79 Å². The van der Waals surface area contributed by atoms with Crippen LogP contribution in [0.1, 0.15) is 55.5 Å². The summed E-state index contributed by atoms with van der Waals surface area (Å²) in [5.74, 6) is 1.14. The molecule has 6 nitrogen and oxygen atoms in total. The van der Waals surface area contributed by atoms with Crippen molar-refractivity contribution in [3.05, 3.63) is 59.7 Å². The van der Waals surface area contributed by atoms with Crippen LogP contribution in [0.5, 0.6) is 11.5 Å². The predicted octanol–water partition coefficient (Wildman–Crippen LogP) is 4.94. The van der Waals surface area contributed by atoms with Gasteiger partial charge in [0.1, 0.15) is 0 Å². The second-order valence-corrected chi connectivity index (χ2v) is 9.61. The molecule has 32 heavy (non-hydrogen) atoms. The van der Waals surface area contributed by atoms with E-state index < -0.39 is 10.0 Å². The number of benzene rings is 2. The van der Waals surface area contributed by atoms with Crippen molar-refractivity contribution in [3.63, 3.8) is 0 Å². The molecule has 0 atom stereocenters.